The molecule has 0 aliphatic carbocycles. The van der Waals surface area contributed by atoms with E-state index in [1.807, 2.05) is 0 Å². The summed E-state index contributed by atoms with van der Waals surface area (Å²) >= 11 is -5.94. The molecule has 0 aromatic heterocycles. The summed E-state index contributed by atoms with van der Waals surface area (Å²) in [6.07, 6.45) is 0. The number of benzene rings is 7. The predicted molar refractivity (Wildman–Crippen MR) is 313 cm³/mol. The van der Waals surface area contributed by atoms with Crippen LogP contribution in [0.5, 0.6) is 0 Å². The third-order valence-corrected chi connectivity index (χ3v) is 31.3. The Morgan fingerprint density at radius 2 is 0.521 bits per heavy atom. The molecule has 7 aromatic rings. The number of aryl methyl sites for hydroxylation is 1. The molecule has 1 heterocycles. The number of anilines is 1. The first kappa shape index (κ1) is 52.7. The molecule has 1 aliphatic heterocycles. The quantitative estimate of drug-likeness (QED) is 0.0949. The Morgan fingerprint density at radius 1 is 0.296 bits per heavy atom. The number of para-hydroxylation sites is 1. The molecule has 0 bridgehead atoms. The summed E-state index contributed by atoms with van der Waals surface area (Å²) in [7, 11) is 0. The summed E-state index contributed by atoms with van der Waals surface area (Å²) in [6.45, 7) is 40.3. The summed E-state index contributed by atoms with van der Waals surface area (Å²) in [5.41, 5.74) is 25.1. The molecule has 1 saturated heterocycles. The fraction of sp³-hybridized carbons (Fsp3) is 0.373. The molecule has 4 heteroatoms. The SMILES string of the molecule is Cc1ccccc1[N]1[Ge]([c]2c(-c3c(C(C)C)cccc3C(C)C)cccc2-c2c(C(C)C)cccc2C(C)C)[O][Ge]1[c]1c(-c2c(C(C)C)cccc2C(C)C)cccc1-c1c(C(C)C)cccc1C(C)C. The molecule has 0 spiro atoms. The van der Waals surface area contributed by atoms with Gasteiger partial charge >= 0.3 is 443 Å². The maximum atomic E-state index is 8.44. The van der Waals surface area contributed by atoms with Gasteiger partial charge in [0.1, 0.15) is 0 Å². The van der Waals surface area contributed by atoms with Crippen LogP contribution in [0, 0.1) is 6.92 Å². The summed E-state index contributed by atoms with van der Waals surface area (Å²) in [5, 5.41) is 0. The van der Waals surface area contributed by atoms with Crippen LogP contribution in [0.1, 0.15) is 208 Å². The molecular formula is C67H81Ge2NO. The van der Waals surface area contributed by atoms with Gasteiger partial charge < -0.3 is 0 Å². The van der Waals surface area contributed by atoms with E-state index in [0.717, 1.165) is 0 Å². The van der Waals surface area contributed by atoms with E-state index in [9.17, 15) is 0 Å². The van der Waals surface area contributed by atoms with E-state index < -0.39 is 29.8 Å². The van der Waals surface area contributed by atoms with Crippen LogP contribution in [0.25, 0.3) is 44.5 Å². The second-order valence-electron chi connectivity index (χ2n) is 22.8. The topological polar surface area (TPSA) is 12.5 Å². The van der Waals surface area contributed by atoms with Crippen molar-refractivity contribution in [1.29, 1.82) is 0 Å². The fourth-order valence-corrected chi connectivity index (χ4v) is 29.3. The second-order valence-corrected chi connectivity index (χ2v) is 33.9. The molecule has 8 rings (SSSR count). The Bertz CT molecular complexity index is 2570. The van der Waals surface area contributed by atoms with Gasteiger partial charge in [0.2, 0.25) is 0 Å². The van der Waals surface area contributed by atoms with Gasteiger partial charge in [0, 0.05) is 0 Å². The Hall–Kier alpha value is -4.61. The van der Waals surface area contributed by atoms with Crippen LogP contribution in [0.2, 0.25) is 0 Å². The summed E-state index contributed by atoms with van der Waals surface area (Å²) < 4.78 is 14.4. The number of nitrogens with zero attached hydrogens (tertiary/aromatic N) is 1. The Morgan fingerprint density at radius 3 is 0.746 bits per heavy atom. The standard InChI is InChI=1S/C67H81Ge2NO/c1-40(2)49-27-20-28-50(41(3)4)62(49)57-35-24-36-58(63-51(42(5)6)29-21-30-52(63)43(7)8)66(57)68-70(61-39-19-18-26-48(61)17)69(71-68)67-59(64-53(44(9)10)31-22-32-54(64)45(11)12)37-25-38-60(67)65-55(46(13)14)33-23-34-56(65)47(15)16/h18-47H,1-17H3. The van der Waals surface area contributed by atoms with Crippen molar-refractivity contribution in [3.05, 3.63) is 184 Å². The van der Waals surface area contributed by atoms with Gasteiger partial charge in [-0.05, 0) is 0 Å². The third-order valence-electron chi connectivity index (χ3n) is 15.1. The monoisotopic (exact) mass is 1060 g/mol. The van der Waals surface area contributed by atoms with Crippen molar-refractivity contribution in [2.45, 2.75) is 165 Å². The maximum absolute atomic E-state index is 8.44. The normalized spacial score (nSPS) is 13.7. The number of hydrogen-bond donors (Lipinski definition) is 0. The third kappa shape index (κ3) is 9.96. The van der Waals surface area contributed by atoms with E-state index in [0.29, 0.717) is 47.3 Å². The summed E-state index contributed by atoms with van der Waals surface area (Å²) in [4.78, 5) is 0. The molecule has 1 aliphatic rings. The van der Waals surface area contributed by atoms with Gasteiger partial charge in [0.15, 0.2) is 0 Å². The van der Waals surface area contributed by atoms with Crippen molar-refractivity contribution >= 4 is 44.3 Å². The summed E-state index contributed by atoms with van der Waals surface area (Å²) in [6, 6.07) is 52.2. The number of rotatable bonds is 15. The van der Waals surface area contributed by atoms with Crippen molar-refractivity contribution in [3.63, 3.8) is 0 Å². The van der Waals surface area contributed by atoms with Gasteiger partial charge in [-0.15, -0.1) is 0 Å². The van der Waals surface area contributed by atoms with Crippen molar-refractivity contribution in [2.75, 3.05) is 2.81 Å². The van der Waals surface area contributed by atoms with E-state index in [4.69, 9.17) is 2.79 Å². The van der Waals surface area contributed by atoms with Crippen molar-refractivity contribution in [3.8, 4) is 44.5 Å². The molecule has 0 unspecified atom stereocenters. The summed E-state index contributed by atoms with van der Waals surface area (Å²) in [5.74, 6) is 2.78. The average Bonchev–Trinajstić information content (AvgIpc) is 3.33. The second kappa shape index (κ2) is 21.8. The van der Waals surface area contributed by atoms with Crippen LogP contribution in [-0.2, 0) is 2.79 Å². The van der Waals surface area contributed by atoms with Crippen LogP contribution >= 0.6 is 0 Å². The van der Waals surface area contributed by atoms with Crippen LogP contribution in [0.4, 0.5) is 5.69 Å². The molecule has 0 atom stereocenters. The first-order chi connectivity index (χ1) is 33.8. The van der Waals surface area contributed by atoms with E-state index in [1.165, 1.54) is 109 Å². The molecule has 0 saturated carbocycles. The van der Waals surface area contributed by atoms with E-state index in [2.05, 4.69) is 254 Å². The van der Waals surface area contributed by atoms with Crippen LogP contribution < -0.4 is 11.6 Å². The first-order valence-corrected chi connectivity index (χ1v) is 32.6. The van der Waals surface area contributed by atoms with Crippen LogP contribution in [0.3, 0.4) is 0 Å². The zero-order valence-electron chi connectivity index (χ0n) is 46.2. The van der Waals surface area contributed by atoms with Crippen LogP contribution in [0.15, 0.2) is 133 Å². The zero-order valence-corrected chi connectivity index (χ0v) is 50.4. The molecule has 7 aromatic carbocycles. The predicted octanol–water partition coefficient (Wildman–Crippen LogP) is 18.3. The first-order valence-electron chi connectivity index (χ1n) is 26.9. The minimum absolute atomic E-state index is 0.347. The van der Waals surface area contributed by atoms with Crippen molar-refractivity contribution in [1.82, 2.24) is 0 Å². The van der Waals surface area contributed by atoms with Gasteiger partial charge in [-0.2, -0.15) is 0 Å². The van der Waals surface area contributed by atoms with Crippen molar-refractivity contribution < 1.29 is 2.79 Å². The molecular weight excluding hydrogens is 980 g/mol. The Balaban J connectivity index is 1.55. The molecule has 71 heavy (non-hydrogen) atoms. The average molecular weight is 1060 g/mol. The molecule has 2 nitrogen and oxygen atoms in total. The van der Waals surface area contributed by atoms with E-state index in [-0.39, 0.29) is 0 Å². The molecule has 0 amide bonds. The van der Waals surface area contributed by atoms with Gasteiger partial charge in [0.25, 0.3) is 0 Å². The Kier molecular flexibility index (Phi) is 16.2. The van der Waals surface area contributed by atoms with Crippen LogP contribution in [-0.4, -0.2) is 29.8 Å². The molecule has 2 radical (unpaired) electrons. The minimum atomic E-state index is -2.97. The molecule has 0 N–H and O–H groups in total. The van der Waals surface area contributed by atoms with E-state index in [1.54, 1.807) is 0 Å². The van der Waals surface area contributed by atoms with Gasteiger partial charge in [-0.1, -0.05) is 0 Å². The Labute approximate surface area is 440 Å². The molecule has 1 fully saturated rings. The van der Waals surface area contributed by atoms with Crippen molar-refractivity contribution in [2.24, 2.45) is 0 Å². The van der Waals surface area contributed by atoms with Gasteiger partial charge in [-0.25, -0.2) is 0 Å². The fourth-order valence-electron chi connectivity index (χ4n) is 11.4. The van der Waals surface area contributed by atoms with Gasteiger partial charge in [-0.3, -0.25) is 0 Å². The number of hydrogen-bond acceptors (Lipinski definition) is 2. The zero-order chi connectivity index (χ0) is 51.2. The van der Waals surface area contributed by atoms with E-state index >= 15 is 0 Å². The molecule has 368 valence electrons. The van der Waals surface area contributed by atoms with Gasteiger partial charge in [0.05, 0.1) is 0 Å².